The van der Waals surface area contributed by atoms with Gasteiger partial charge in [0.1, 0.15) is 5.69 Å². The molecule has 0 unspecified atom stereocenters. The van der Waals surface area contributed by atoms with E-state index in [9.17, 15) is 0 Å². The van der Waals surface area contributed by atoms with Crippen LogP contribution in [0.4, 0.5) is 23.3 Å². The molecule has 1 heterocycles. The van der Waals surface area contributed by atoms with Gasteiger partial charge < -0.3 is 22.1 Å². The van der Waals surface area contributed by atoms with Crippen molar-refractivity contribution in [3.8, 4) is 0 Å². The average Bonchev–Trinajstić information content (AvgIpc) is 2.13. The maximum atomic E-state index is 5.77. The van der Waals surface area contributed by atoms with Crippen molar-refractivity contribution in [1.29, 1.82) is 0 Å². The van der Waals surface area contributed by atoms with Gasteiger partial charge >= 0.3 is 0 Å². The molecule has 0 atom stereocenters. The van der Waals surface area contributed by atoms with Crippen molar-refractivity contribution in [2.45, 2.75) is 19.9 Å². The summed E-state index contributed by atoms with van der Waals surface area (Å²) in [6, 6.07) is 0.165. The highest BCUT2D eigenvalue weighted by Crippen LogP contribution is 2.27. The molecule has 0 aliphatic carbocycles. The Balaban J connectivity index is 3.28. The molecule has 1 aromatic rings. The van der Waals surface area contributed by atoms with Crippen LogP contribution in [0.25, 0.3) is 0 Å². The van der Waals surface area contributed by atoms with Crippen molar-refractivity contribution in [2.24, 2.45) is 0 Å². The van der Waals surface area contributed by atoms with Gasteiger partial charge in [-0.3, -0.25) is 0 Å². The Bertz CT molecular complexity index is 373. The lowest BCUT2D eigenvalue weighted by atomic mass is 10.3. The van der Waals surface area contributed by atoms with Gasteiger partial charge in [-0.15, -0.1) is 0 Å². The molecule has 0 radical (unpaired) electrons. The molecule has 1 rings (SSSR count). The number of nitrogens with zero attached hydrogens (tertiary/aromatic N) is 3. The molecular formula is C9H16N6. The Labute approximate surface area is 88.8 Å². The van der Waals surface area contributed by atoms with Crippen LogP contribution in [0.3, 0.4) is 0 Å². The van der Waals surface area contributed by atoms with Crippen LogP contribution < -0.4 is 22.1 Å². The predicted octanol–water partition coefficient (Wildman–Crippen LogP) is 0.581. The van der Waals surface area contributed by atoms with Crippen LogP contribution in [0.2, 0.25) is 0 Å². The molecule has 15 heavy (non-hydrogen) atoms. The summed E-state index contributed by atoms with van der Waals surface area (Å²) in [5.41, 5.74) is 17.2. The molecule has 6 nitrogen and oxygen atoms in total. The summed E-state index contributed by atoms with van der Waals surface area (Å²) in [5.74, 6) is 0.777. The molecule has 82 valence electrons. The zero-order chi connectivity index (χ0) is 11.6. The molecule has 0 aliphatic heterocycles. The van der Waals surface area contributed by atoms with Crippen molar-refractivity contribution in [2.75, 3.05) is 22.1 Å². The Morgan fingerprint density at radius 1 is 1.27 bits per heavy atom. The molecule has 0 spiro atoms. The van der Waals surface area contributed by atoms with E-state index in [-0.39, 0.29) is 17.8 Å². The maximum Gasteiger partial charge on any atom is 0.224 e. The molecule has 0 amide bonds. The molecule has 0 saturated heterocycles. The first-order chi connectivity index (χ1) is 6.97. The molecular weight excluding hydrogens is 192 g/mol. The van der Waals surface area contributed by atoms with Gasteiger partial charge in [-0.05, 0) is 20.0 Å². The summed E-state index contributed by atoms with van der Waals surface area (Å²) in [7, 11) is 0. The first kappa shape index (κ1) is 11.1. The lowest BCUT2D eigenvalue weighted by molar-refractivity contribution is 0.773. The van der Waals surface area contributed by atoms with Crippen molar-refractivity contribution >= 4 is 23.3 Å². The summed E-state index contributed by atoms with van der Waals surface area (Å²) in [6.07, 6.45) is 1.63. The van der Waals surface area contributed by atoms with Crippen LogP contribution in [0, 0.1) is 0 Å². The molecule has 0 bridgehead atoms. The van der Waals surface area contributed by atoms with Gasteiger partial charge in [0, 0.05) is 6.04 Å². The summed E-state index contributed by atoms with van der Waals surface area (Å²) in [6.45, 7) is 7.65. The number of nitrogens with two attached hydrogens (primary N) is 3. The van der Waals surface area contributed by atoms with E-state index in [1.54, 1.807) is 11.1 Å². The van der Waals surface area contributed by atoms with Crippen LogP contribution in [-0.2, 0) is 0 Å². The van der Waals surface area contributed by atoms with Crippen molar-refractivity contribution in [1.82, 2.24) is 9.97 Å². The second-order valence-electron chi connectivity index (χ2n) is 3.39. The van der Waals surface area contributed by atoms with Crippen LogP contribution in [-0.4, -0.2) is 16.0 Å². The molecule has 0 saturated carbocycles. The minimum atomic E-state index is 0.101. The number of hydrogen-bond donors (Lipinski definition) is 3. The van der Waals surface area contributed by atoms with Gasteiger partial charge in [0.15, 0.2) is 11.6 Å². The molecule has 0 aliphatic rings. The summed E-state index contributed by atoms with van der Waals surface area (Å²) in [5, 5.41) is 0. The van der Waals surface area contributed by atoms with Gasteiger partial charge in [-0.25, -0.2) is 0 Å². The fourth-order valence-electron chi connectivity index (χ4n) is 1.23. The zero-order valence-electron chi connectivity index (χ0n) is 8.94. The third-order valence-corrected chi connectivity index (χ3v) is 1.97. The summed E-state index contributed by atoms with van der Waals surface area (Å²) in [4.78, 5) is 9.59. The maximum absolute atomic E-state index is 5.77. The SMILES string of the molecule is C=CN(c1nc(N)nc(N)c1N)C(C)C. The highest BCUT2D eigenvalue weighted by atomic mass is 15.2. The van der Waals surface area contributed by atoms with Crippen molar-refractivity contribution in [3.63, 3.8) is 0 Å². The summed E-state index contributed by atoms with van der Waals surface area (Å²) >= 11 is 0. The van der Waals surface area contributed by atoms with E-state index < -0.39 is 0 Å². The van der Waals surface area contributed by atoms with Crippen LogP contribution in [0.15, 0.2) is 12.8 Å². The van der Waals surface area contributed by atoms with Gasteiger partial charge in [-0.2, -0.15) is 9.97 Å². The lowest BCUT2D eigenvalue weighted by Gasteiger charge is -2.24. The van der Waals surface area contributed by atoms with E-state index in [0.717, 1.165) is 0 Å². The highest BCUT2D eigenvalue weighted by molar-refractivity contribution is 5.75. The average molecular weight is 208 g/mol. The van der Waals surface area contributed by atoms with Gasteiger partial charge in [0.2, 0.25) is 5.95 Å². The van der Waals surface area contributed by atoms with E-state index in [2.05, 4.69) is 16.5 Å². The van der Waals surface area contributed by atoms with Crippen LogP contribution >= 0.6 is 0 Å². The number of hydrogen-bond acceptors (Lipinski definition) is 6. The normalized spacial score (nSPS) is 10.3. The standard InChI is InChI=1S/C9H16N6/c1-4-15(5(2)3)8-6(10)7(11)13-9(12)14-8/h4-5H,1,10H2,2-3H3,(H4,11,12,13,14). The molecule has 0 fully saturated rings. The second kappa shape index (κ2) is 4.04. The predicted molar refractivity (Wildman–Crippen MR) is 63.1 cm³/mol. The van der Waals surface area contributed by atoms with E-state index in [1.807, 2.05) is 13.8 Å². The van der Waals surface area contributed by atoms with Gasteiger partial charge in [0.05, 0.1) is 0 Å². The zero-order valence-corrected chi connectivity index (χ0v) is 8.94. The Morgan fingerprint density at radius 3 is 2.33 bits per heavy atom. The Kier molecular flexibility index (Phi) is 2.99. The van der Waals surface area contributed by atoms with Gasteiger partial charge in [0.25, 0.3) is 0 Å². The van der Waals surface area contributed by atoms with Gasteiger partial charge in [-0.1, -0.05) is 6.58 Å². The fraction of sp³-hybridized carbons (Fsp3) is 0.333. The summed E-state index contributed by atoms with van der Waals surface area (Å²) < 4.78 is 0. The largest absolute Gasteiger partial charge is 0.393 e. The van der Waals surface area contributed by atoms with E-state index in [4.69, 9.17) is 17.2 Å². The van der Waals surface area contributed by atoms with Crippen LogP contribution in [0.5, 0.6) is 0 Å². The van der Waals surface area contributed by atoms with Crippen LogP contribution in [0.1, 0.15) is 13.8 Å². The number of anilines is 4. The third kappa shape index (κ3) is 2.09. The van der Waals surface area contributed by atoms with E-state index in [0.29, 0.717) is 11.5 Å². The lowest BCUT2D eigenvalue weighted by Crippen LogP contribution is -2.27. The third-order valence-electron chi connectivity index (χ3n) is 1.97. The molecule has 6 N–H and O–H groups in total. The number of nitrogen functional groups attached to an aromatic ring is 3. The molecule has 1 aromatic heterocycles. The Hall–Kier alpha value is -1.98. The van der Waals surface area contributed by atoms with Crippen molar-refractivity contribution in [3.05, 3.63) is 12.8 Å². The highest BCUT2D eigenvalue weighted by Gasteiger charge is 2.15. The Morgan fingerprint density at radius 2 is 1.87 bits per heavy atom. The smallest absolute Gasteiger partial charge is 0.224 e. The first-order valence-corrected chi connectivity index (χ1v) is 4.56. The molecule has 0 aromatic carbocycles. The number of rotatable bonds is 3. The minimum Gasteiger partial charge on any atom is -0.393 e. The van der Waals surface area contributed by atoms with E-state index >= 15 is 0 Å². The molecule has 6 heteroatoms. The monoisotopic (exact) mass is 208 g/mol. The van der Waals surface area contributed by atoms with E-state index in [1.165, 1.54) is 0 Å². The topological polar surface area (TPSA) is 107 Å². The fourth-order valence-corrected chi connectivity index (χ4v) is 1.23. The second-order valence-corrected chi connectivity index (χ2v) is 3.39. The first-order valence-electron chi connectivity index (χ1n) is 4.56. The quantitative estimate of drug-likeness (QED) is 0.670. The number of aromatic nitrogens is 2. The van der Waals surface area contributed by atoms with Crippen molar-refractivity contribution < 1.29 is 0 Å². The minimum absolute atomic E-state index is 0.101.